The lowest BCUT2D eigenvalue weighted by Crippen LogP contribution is -2.62. The zero-order valence-electron chi connectivity index (χ0n) is 48.7. The molecule has 5 aliphatic rings. The van der Waals surface area contributed by atoms with Gasteiger partial charge in [0.2, 0.25) is 59.1 Å². The second-order valence-electron chi connectivity index (χ2n) is 22.8. The number of phenolic OH excluding ortho intramolecular Hbond substituents is 1. The van der Waals surface area contributed by atoms with E-state index in [-0.39, 0.29) is 69.5 Å². The molecule has 5 aliphatic heterocycles. The number of rotatable bonds is 17. The van der Waals surface area contributed by atoms with Crippen molar-refractivity contribution in [3.8, 4) is 5.75 Å². The molecule has 2 bridgehead atoms. The zero-order chi connectivity index (χ0) is 63.4. The second kappa shape index (κ2) is 30.1. The molecule has 1 aromatic heterocycles. The number of benzene rings is 1. The molecule has 87 heavy (non-hydrogen) atoms. The van der Waals surface area contributed by atoms with Crippen LogP contribution in [0.3, 0.4) is 0 Å². The van der Waals surface area contributed by atoms with Crippen LogP contribution in [0.5, 0.6) is 5.75 Å². The van der Waals surface area contributed by atoms with Crippen molar-refractivity contribution in [3.05, 3.63) is 29.8 Å². The summed E-state index contributed by atoms with van der Waals surface area (Å²) in [4.78, 5) is 170. The Balaban J connectivity index is 1.25. The molecule has 0 saturated carbocycles. The molecule has 30 nitrogen and oxygen atoms in total. The number of aromatic hydroxyl groups is 1. The number of H-pyrrole nitrogens is 1. The highest BCUT2D eigenvalue weighted by molar-refractivity contribution is 7.85. The van der Waals surface area contributed by atoms with Crippen molar-refractivity contribution in [3.63, 3.8) is 0 Å². The molecule has 2 fully saturated rings. The average molecular weight is 1240 g/mol. The van der Waals surface area contributed by atoms with Gasteiger partial charge in [0.25, 0.3) is 11.8 Å². The number of phenols is 1. The smallest absolute Gasteiger partial charge is 0.253 e. The molecule has 11 atom stereocenters. The number of nitrogens with one attached hydrogen (secondary N) is 9. The third kappa shape index (κ3) is 16.7. The Morgan fingerprint density at radius 2 is 1.49 bits per heavy atom. The fourth-order valence-corrected chi connectivity index (χ4v) is 12.8. The van der Waals surface area contributed by atoms with Crippen molar-refractivity contribution in [2.24, 2.45) is 23.5 Å². The molecule has 12 amide bonds. The normalized spacial score (nSPS) is 26.2. The molecule has 15 N–H and O–H groups in total. The summed E-state index contributed by atoms with van der Waals surface area (Å²) in [6.07, 6.45) is 1.64. The summed E-state index contributed by atoms with van der Waals surface area (Å²) in [5, 5.41) is 64.0. The number of fused-ring (bicyclic) bond motifs is 5. The molecule has 2 aromatic rings. The molecule has 0 radical (unpaired) electrons. The van der Waals surface area contributed by atoms with Crippen LogP contribution in [0, 0.1) is 17.8 Å². The van der Waals surface area contributed by atoms with Crippen LogP contribution in [-0.4, -0.2) is 217 Å². The summed E-state index contributed by atoms with van der Waals surface area (Å²) >= 11 is 0. The summed E-state index contributed by atoms with van der Waals surface area (Å²) in [5.74, 6) is -13.1. The number of unbranched alkanes of at least 4 members (excludes halogenated alkanes) is 2. The first-order valence-corrected chi connectivity index (χ1v) is 30.6. The molecule has 2 saturated heterocycles. The standard InChI is InChI=1S/C56H79N13O17S/c1-4-28(2)46-53(83)60-23-42(76)61-36-27-87(86)55-33(32-9-10-38(72)49(48(32)66-55)67-18-14-30(15-19-67)13-16-58-41(75)8-6-5-7-17-68-44(78)11-12-45(68)79)21-34(50(80)59-24-43(77)64-46)62-54(84)47(29(3)39(73)26-70)65-52(82)37-20-31(71)25-69(37)56(85)35(22-40(57)74)63-51(36)81/h9-12,28-31,34-37,39,46-47,66,70-73H,4-8,13-27H2,1-3H3,(H2,57,74)(H,58,75)(H,59,80)(H,60,83)(H,61,76)(H,62,84)(H,63,81)(H,64,77)(H,65,82)/t28-,29+,31+,34+,35-,36+,37-,39+,46-,47-,87?/m0/s1. The maximum absolute atomic E-state index is 15.3. The Morgan fingerprint density at radius 3 is 2.16 bits per heavy atom. The number of anilines is 1. The summed E-state index contributed by atoms with van der Waals surface area (Å²) in [7, 11) is -2.50. The summed E-state index contributed by atoms with van der Waals surface area (Å²) in [6.45, 7) is 3.02. The Labute approximate surface area is 503 Å². The van der Waals surface area contributed by atoms with E-state index in [4.69, 9.17) is 5.73 Å². The van der Waals surface area contributed by atoms with Gasteiger partial charge in [-0.1, -0.05) is 33.6 Å². The van der Waals surface area contributed by atoms with Gasteiger partial charge in [0.15, 0.2) is 0 Å². The van der Waals surface area contributed by atoms with Gasteiger partial charge >= 0.3 is 0 Å². The number of amides is 12. The van der Waals surface area contributed by atoms with Gasteiger partial charge in [0.05, 0.1) is 60.4 Å². The highest BCUT2D eigenvalue weighted by Gasteiger charge is 2.45. The number of aliphatic hydroxyl groups excluding tert-OH is 3. The number of nitrogens with zero attached hydrogens (tertiary/aromatic N) is 3. The maximum atomic E-state index is 15.3. The predicted molar refractivity (Wildman–Crippen MR) is 309 cm³/mol. The predicted octanol–water partition coefficient (Wildman–Crippen LogP) is -4.71. The fourth-order valence-electron chi connectivity index (χ4n) is 11.4. The quantitative estimate of drug-likeness (QED) is 0.0523. The number of carbonyl (C=O) groups excluding carboxylic acids is 12. The highest BCUT2D eigenvalue weighted by Crippen LogP contribution is 2.41. The molecular formula is C56H79N13O17S. The van der Waals surface area contributed by atoms with Crippen LogP contribution < -0.4 is 53.2 Å². The van der Waals surface area contributed by atoms with E-state index in [9.17, 15) is 78.0 Å². The van der Waals surface area contributed by atoms with E-state index in [0.717, 1.165) is 9.80 Å². The van der Waals surface area contributed by atoms with Gasteiger partial charge < -0.3 is 83.5 Å². The van der Waals surface area contributed by atoms with E-state index in [0.29, 0.717) is 64.6 Å². The molecular weight excluding hydrogens is 1160 g/mol. The monoisotopic (exact) mass is 1240 g/mol. The van der Waals surface area contributed by atoms with Crippen molar-refractivity contribution in [1.29, 1.82) is 0 Å². The second-order valence-corrected chi connectivity index (χ2v) is 24.2. The van der Waals surface area contributed by atoms with Gasteiger partial charge in [-0.2, -0.15) is 0 Å². The first kappa shape index (κ1) is 66.5. The Hall–Kier alpha value is -8.03. The molecule has 0 aliphatic carbocycles. The van der Waals surface area contributed by atoms with E-state index in [2.05, 4.69) is 47.5 Å². The number of aromatic amines is 1. The topological polar surface area (TPSA) is 451 Å². The summed E-state index contributed by atoms with van der Waals surface area (Å²) in [5.41, 5.74) is 6.05. The van der Waals surface area contributed by atoms with Crippen LogP contribution in [0.15, 0.2) is 29.3 Å². The lowest BCUT2D eigenvalue weighted by atomic mass is 9.92. The first-order chi connectivity index (χ1) is 41.4. The minimum atomic E-state index is -2.50. The van der Waals surface area contributed by atoms with E-state index < -0.39 is 176 Å². The number of hydrogen-bond acceptors (Lipinski definition) is 18. The number of nitrogens with two attached hydrogens (primary N) is 1. The van der Waals surface area contributed by atoms with Crippen molar-refractivity contribution >= 4 is 98.3 Å². The van der Waals surface area contributed by atoms with Crippen LogP contribution in [-0.2, 0) is 74.8 Å². The minimum Gasteiger partial charge on any atom is -0.506 e. The number of aromatic nitrogens is 1. The minimum absolute atomic E-state index is 0.0485. The molecule has 476 valence electrons. The van der Waals surface area contributed by atoms with E-state index >= 15 is 4.21 Å². The van der Waals surface area contributed by atoms with Gasteiger partial charge in [-0.3, -0.25) is 66.6 Å². The van der Waals surface area contributed by atoms with Gasteiger partial charge in [-0.15, -0.1) is 0 Å². The van der Waals surface area contributed by atoms with Crippen LogP contribution in [0.25, 0.3) is 10.9 Å². The number of imide groups is 1. The lowest BCUT2D eigenvalue weighted by Gasteiger charge is -2.34. The number of aliphatic hydroxyl groups is 3. The highest BCUT2D eigenvalue weighted by atomic mass is 32.2. The number of piperidine rings is 1. The molecule has 6 heterocycles. The molecule has 1 aromatic carbocycles. The largest absolute Gasteiger partial charge is 0.506 e. The Kier molecular flexibility index (Phi) is 23.0. The van der Waals surface area contributed by atoms with E-state index in [1.165, 1.54) is 31.2 Å². The van der Waals surface area contributed by atoms with Gasteiger partial charge in [0.1, 0.15) is 52.7 Å². The molecule has 1 unspecified atom stereocenters. The van der Waals surface area contributed by atoms with Crippen LogP contribution in [0.4, 0.5) is 5.69 Å². The van der Waals surface area contributed by atoms with Crippen molar-refractivity contribution in [2.45, 2.75) is 145 Å². The van der Waals surface area contributed by atoms with Crippen molar-refractivity contribution < 1.29 is 82.2 Å². The number of hydrogen-bond donors (Lipinski definition) is 14. The van der Waals surface area contributed by atoms with Gasteiger partial charge in [-0.25, -0.2) is 0 Å². The number of carbonyl (C=O) groups is 12. The van der Waals surface area contributed by atoms with Crippen molar-refractivity contribution in [2.75, 3.05) is 63.1 Å². The van der Waals surface area contributed by atoms with Gasteiger partial charge in [-0.05, 0) is 61.6 Å². The Morgan fingerprint density at radius 1 is 0.816 bits per heavy atom. The Bertz CT molecular complexity index is 3020. The SMILES string of the molecule is CC[C@H](C)[C@@H]1NC(=O)CNC(=O)[C@H]2Cc3c([nH]c4c(N5CCC(CCNC(=O)CCCCCN6C(=O)C=CC6=O)CC5)c(O)ccc34)S(=O)C[C@@H](NC(=O)CNC1=O)C(=O)N[C@@H](CC(N)=O)C(=O)N1C[C@H](O)C[C@H]1C(=O)N[C@@H]([C@H](C)[C@H](O)CO)C(=O)N2. The molecule has 7 rings (SSSR count). The summed E-state index contributed by atoms with van der Waals surface area (Å²) < 4.78 is 15.3. The van der Waals surface area contributed by atoms with Crippen LogP contribution >= 0.6 is 0 Å². The summed E-state index contributed by atoms with van der Waals surface area (Å²) in [6, 6.07) is -7.47. The van der Waals surface area contributed by atoms with Crippen LogP contribution in [0.1, 0.15) is 90.5 Å². The third-order valence-electron chi connectivity index (χ3n) is 16.7. The average Bonchev–Trinajstić information content (AvgIpc) is 2.62. The van der Waals surface area contributed by atoms with Crippen LogP contribution in [0.2, 0.25) is 0 Å². The maximum Gasteiger partial charge on any atom is 0.253 e. The first-order valence-electron chi connectivity index (χ1n) is 29.3. The van der Waals surface area contributed by atoms with E-state index in [1.807, 2.05) is 4.90 Å². The third-order valence-corrected chi connectivity index (χ3v) is 18.1. The number of primary amides is 1. The zero-order valence-corrected chi connectivity index (χ0v) is 49.5. The van der Waals surface area contributed by atoms with E-state index in [1.54, 1.807) is 13.8 Å². The molecule has 0 spiro atoms. The van der Waals surface area contributed by atoms with Crippen molar-refractivity contribution in [1.82, 2.24) is 57.3 Å². The lowest BCUT2D eigenvalue weighted by molar-refractivity contribution is -0.144. The van der Waals surface area contributed by atoms with Gasteiger partial charge in [0, 0.05) is 75.4 Å². The fraction of sp³-hybridized carbons (Fsp3) is 0.607. The molecule has 31 heteroatoms.